The highest BCUT2D eigenvalue weighted by Crippen LogP contribution is 2.18. The average molecular weight is 739 g/mol. The lowest BCUT2D eigenvalue weighted by Gasteiger charge is -2.07. The third kappa shape index (κ3) is 10.8. The minimum Gasteiger partial charge on any atom is -0.478 e. The molecule has 0 saturated carbocycles. The number of carbonyl (C=O) groups is 1. The summed E-state index contributed by atoms with van der Waals surface area (Å²) in [5, 5.41) is 15.2. The number of sulfone groups is 2. The fourth-order valence-electron chi connectivity index (χ4n) is 3.49. The fourth-order valence-corrected chi connectivity index (χ4v) is 6.55. The monoisotopic (exact) mass is 738 g/mol. The number of nitrogens with zero attached hydrogens (tertiary/aromatic N) is 2. The number of aromatic carboxylic acids is 1. The molecule has 0 fully saturated rings. The third-order valence-electron chi connectivity index (χ3n) is 5.57. The molecule has 3 aromatic rings. The van der Waals surface area contributed by atoms with Crippen LogP contribution in [0.3, 0.4) is 0 Å². The highest BCUT2D eigenvalue weighted by Gasteiger charge is 2.19. The standard InChI is InChI=1S/C23H22N4O16S4/c28-19-13-18(23(30)31)20(26-24-14-3-1-5-16(11-14)44(32,33)9-7-42-46(36,37)38)22(29)21(19)27-25-15-4-2-6-17(12-15)45(34,35)10-8-43-47(39,40)41/h1-6,11-13,24-25H,7-10H2,(H,30,31)(H,36,37,38)(H,39,40,41). The quantitative estimate of drug-likeness (QED) is 0.0833. The summed E-state index contributed by atoms with van der Waals surface area (Å²) in [6.45, 7) is -1.80. The van der Waals surface area contributed by atoms with Crippen molar-refractivity contribution in [3.05, 3.63) is 91.3 Å². The van der Waals surface area contributed by atoms with Crippen molar-refractivity contribution in [2.75, 3.05) is 35.6 Å². The lowest BCUT2D eigenvalue weighted by Crippen LogP contribution is -2.50. The molecular formula is C23H22N4O16S4. The van der Waals surface area contributed by atoms with Gasteiger partial charge in [-0.3, -0.25) is 29.5 Å². The Morgan fingerprint density at radius 3 is 1.51 bits per heavy atom. The Bertz CT molecular complexity index is 2370. The number of rotatable bonds is 15. The minimum atomic E-state index is -4.89. The van der Waals surface area contributed by atoms with E-state index in [1.165, 1.54) is 24.3 Å². The third-order valence-corrected chi connectivity index (χ3v) is 9.85. The van der Waals surface area contributed by atoms with Crippen LogP contribution in [0.1, 0.15) is 10.4 Å². The predicted octanol–water partition coefficient (Wildman–Crippen LogP) is -1.98. The van der Waals surface area contributed by atoms with Gasteiger partial charge in [-0.25, -0.2) is 30.0 Å². The first-order valence-corrected chi connectivity index (χ1v) is 18.3. The van der Waals surface area contributed by atoms with Crippen LogP contribution in [0, 0.1) is 0 Å². The molecule has 0 aliphatic heterocycles. The van der Waals surface area contributed by atoms with Crippen LogP contribution in [0.5, 0.6) is 0 Å². The van der Waals surface area contributed by atoms with Gasteiger partial charge in [0.15, 0.2) is 25.0 Å². The van der Waals surface area contributed by atoms with E-state index in [2.05, 4.69) is 29.4 Å². The second-order valence-electron chi connectivity index (χ2n) is 8.89. The number of nitrogens with one attached hydrogen (secondary N) is 2. The number of hydrogen-bond acceptors (Lipinski definition) is 17. The Balaban J connectivity index is 1.95. The highest BCUT2D eigenvalue weighted by molar-refractivity contribution is 7.91. The molecule has 3 rings (SSSR count). The number of benzene rings is 3. The van der Waals surface area contributed by atoms with Gasteiger partial charge in [0.2, 0.25) is 10.9 Å². The van der Waals surface area contributed by atoms with E-state index in [4.69, 9.17) is 9.11 Å². The van der Waals surface area contributed by atoms with Gasteiger partial charge in [-0.2, -0.15) is 27.0 Å². The molecule has 0 saturated heterocycles. The predicted molar refractivity (Wildman–Crippen MR) is 159 cm³/mol. The molecule has 0 radical (unpaired) electrons. The SMILES string of the molecule is O=C(O)c1cc(=O)c(=NNc2cccc(S(=O)(=O)CCOS(=O)(=O)O)c2)c(=O)c1=NNc1cccc(S(=O)(=O)CCOS(=O)(=O)O)c1. The first kappa shape index (κ1) is 37.0. The first-order chi connectivity index (χ1) is 21.7. The van der Waals surface area contributed by atoms with Crippen LogP contribution >= 0.6 is 0 Å². The molecule has 3 aromatic carbocycles. The second-order valence-corrected chi connectivity index (χ2v) is 15.3. The molecule has 254 valence electrons. The Labute approximate surface area is 265 Å². The van der Waals surface area contributed by atoms with Crippen molar-refractivity contribution in [2.24, 2.45) is 10.2 Å². The zero-order chi connectivity index (χ0) is 35.2. The molecule has 24 heteroatoms. The smallest absolute Gasteiger partial charge is 0.397 e. The van der Waals surface area contributed by atoms with Crippen molar-refractivity contribution in [3.63, 3.8) is 0 Å². The maximum absolute atomic E-state index is 13.1. The number of anilines is 2. The molecule has 0 bridgehead atoms. The van der Waals surface area contributed by atoms with Crippen molar-refractivity contribution in [2.45, 2.75) is 9.79 Å². The van der Waals surface area contributed by atoms with E-state index in [-0.39, 0.29) is 21.2 Å². The van der Waals surface area contributed by atoms with Gasteiger partial charge in [-0.15, -0.1) is 0 Å². The van der Waals surface area contributed by atoms with Gasteiger partial charge in [0.1, 0.15) is 5.36 Å². The van der Waals surface area contributed by atoms with Crippen LogP contribution in [-0.4, -0.2) is 78.6 Å². The molecule has 0 aliphatic rings. The number of carboxylic acid groups (broad SMARTS) is 1. The molecule has 20 nitrogen and oxygen atoms in total. The van der Waals surface area contributed by atoms with Crippen LogP contribution in [0.2, 0.25) is 0 Å². The van der Waals surface area contributed by atoms with Gasteiger partial charge in [0, 0.05) is 6.07 Å². The van der Waals surface area contributed by atoms with E-state index >= 15 is 0 Å². The molecule has 0 aliphatic carbocycles. The van der Waals surface area contributed by atoms with Gasteiger partial charge < -0.3 is 5.11 Å². The molecule has 0 atom stereocenters. The highest BCUT2D eigenvalue weighted by atomic mass is 32.3. The van der Waals surface area contributed by atoms with E-state index in [0.29, 0.717) is 6.07 Å². The fraction of sp³-hybridized carbons (Fsp3) is 0.174. The van der Waals surface area contributed by atoms with Crippen LogP contribution in [0.15, 0.2) is 84.2 Å². The summed E-state index contributed by atoms with van der Waals surface area (Å²) in [5.74, 6) is -3.44. The van der Waals surface area contributed by atoms with Crippen LogP contribution < -0.4 is 32.4 Å². The molecule has 0 heterocycles. The minimum absolute atomic E-state index is 0.0838. The second kappa shape index (κ2) is 14.6. The summed E-state index contributed by atoms with van der Waals surface area (Å²) < 4.78 is 118. The van der Waals surface area contributed by atoms with E-state index in [1.54, 1.807) is 0 Å². The Hall–Kier alpha value is -4.43. The van der Waals surface area contributed by atoms with Crippen LogP contribution in [0.25, 0.3) is 0 Å². The zero-order valence-electron chi connectivity index (χ0n) is 23.2. The Morgan fingerprint density at radius 2 is 1.11 bits per heavy atom. The largest absolute Gasteiger partial charge is 0.478 e. The molecular weight excluding hydrogens is 717 g/mol. The maximum atomic E-state index is 13.1. The number of carboxylic acids is 1. The van der Waals surface area contributed by atoms with Gasteiger partial charge in [0.25, 0.3) is 0 Å². The summed E-state index contributed by atoms with van der Waals surface area (Å²) in [7, 11) is -18.1. The van der Waals surface area contributed by atoms with Gasteiger partial charge in [-0.1, -0.05) is 12.1 Å². The van der Waals surface area contributed by atoms with Crippen molar-refractivity contribution in [1.29, 1.82) is 0 Å². The van der Waals surface area contributed by atoms with Crippen LogP contribution in [0.4, 0.5) is 11.4 Å². The average Bonchev–Trinajstić information content (AvgIpc) is 2.95. The van der Waals surface area contributed by atoms with Crippen molar-refractivity contribution < 1.29 is 61.0 Å². The topological polar surface area (TPSA) is 316 Å². The van der Waals surface area contributed by atoms with E-state index in [0.717, 1.165) is 24.3 Å². The lowest BCUT2D eigenvalue weighted by molar-refractivity contribution is 0.0694. The van der Waals surface area contributed by atoms with Gasteiger partial charge in [0.05, 0.1) is 51.4 Å². The van der Waals surface area contributed by atoms with Crippen molar-refractivity contribution in [3.8, 4) is 0 Å². The Morgan fingerprint density at radius 1 is 0.681 bits per heavy atom. The maximum Gasteiger partial charge on any atom is 0.397 e. The lowest BCUT2D eigenvalue weighted by atomic mass is 10.2. The van der Waals surface area contributed by atoms with E-state index in [9.17, 15) is 53.2 Å². The van der Waals surface area contributed by atoms with Gasteiger partial charge in [-0.05, 0) is 36.4 Å². The summed E-state index contributed by atoms with van der Waals surface area (Å²) in [5.41, 5.74) is 1.09. The van der Waals surface area contributed by atoms with E-state index in [1.807, 2.05) is 0 Å². The van der Waals surface area contributed by atoms with Crippen LogP contribution in [-0.2, 0) is 48.8 Å². The number of hydrogen-bond donors (Lipinski definition) is 5. The van der Waals surface area contributed by atoms with Crippen molar-refractivity contribution in [1.82, 2.24) is 0 Å². The first-order valence-electron chi connectivity index (χ1n) is 12.3. The zero-order valence-corrected chi connectivity index (χ0v) is 26.5. The summed E-state index contributed by atoms with van der Waals surface area (Å²) >= 11 is 0. The molecule has 47 heavy (non-hydrogen) atoms. The summed E-state index contributed by atoms with van der Waals surface area (Å²) in [6, 6.07) is 9.81. The molecule has 0 unspecified atom stereocenters. The normalized spacial score (nSPS) is 13.4. The molecule has 0 amide bonds. The molecule has 5 N–H and O–H groups in total. The van der Waals surface area contributed by atoms with Gasteiger partial charge >= 0.3 is 26.8 Å². The summed E-state index contributed by atoms with van der Waals surface area (Å²) in [6.07, 6.45) is 0. The summed E-state index contributed by atoms with van der Waals surface area (Å²) in [4.78, 5) is 36.7. The molecule has 0 spiro atoms. The van der Waals surface area contributed by atoms with E-state index < -0.39 is 98.3 Å². The Kier molecular flexibility index (Phi) is 11.5. The van der Waals surface area contributed by atoms with Crippen molar-refractivity contribution >= 4 is 57.8 Å². The molecule has 0 aromatic heterocycles.